The fourth-order valence-corrected chi connectivity index (χ4v) is 3.55. The van der Waals surface area contributed by atoms with Gasteiger partial charge in [-0.25, -0.2) is 0 Å². The number of rotatable bonds is 4. The molecular formula is C19H14BrClN2O4S. The number of amides is 2. The molecule has 0 radical (unpaired) electrons. The number of hydrogen-bond acceptors (Lipinski definition) is 5. The maximum atomic E-state index is 13.0. The summed E-state index contributed by atoms with van der Waals surface area (Å²) in [4.78, 5) is 26.7. The standard InChI is InChI=1S/C19H14BrClN2O4S/c1-26-15-7-10(14(20)9-16(15)27-2)6-13-17(24)22-19(28)23(18(13)25)12-5-3-4-11(21)8-12/h3-9H,1-2H3,(H,22,24,28). The van der Waals surface area contributed by atoms with Crippen molar-refractivity contribution in [1.29, 1.82) is 0 Å². The van der Waals surface area contributed by atoms with E-state index in [4.69, 9.17) is 33.3 Å². The second-order valence-electron chi connectivity index (χ2n) is 5.67. The van der Waals surface area contributed by atoms with Crippen molar-refractivity contribution in [3.63, 3.8) is 0 Å². The predicted octanol–water partition coefficient (Wildman–Crippen LogP) is 3.95. The summed E-state index contributed by atoms with van der Waals surface area (Å²) in [7, 11) is 3.02. The highest BCUT2D eigenvalue weighted by Gasteiger charge is 2.34. The molecule has 3 rings (SSSR count). The van der Waals surface area contributed by atoms with Crippen LogP contribution >= 0.6 is 39.7 Å². The Hall–Kier alpha value is -2.42. The molecule has 144 valence electrons. The van der Waals surface area contributed by atoms with Crippen LogP contribution < -0.4 is 19.7 Å². The molecule has 1 aliphatic heterocycles. The van der Waals surface area contributed by atoms with Gasteiger partial charge in [0.05, 0.1) is 19.9 Å². The monoisotopic (exact) mass is 480 g/mol. The molecule has 6 nitrogen and oxygen atoms in total. The molecular weight excluding hydrogens is 468 g/mol. The average Bonchev–Trinajstić information content (AvgIpc) is 2.65. The van der Waals surface area contributed by atoms with E-state index in [0.717, 1.165) is 0 Å². The zero-order valence-electron chi connectivity index (χ0n) is 14.8. The Morgan fingerprint density at radius 2 is 1.82 bits per heavy atom. The number of carbonyl (C=O) groups is 2. The lowest BCUT2D eigenvalue weighted by Gasteiger charge is -2.29. The minimum Gasteiger partial charge on any atom is -0.493 e. The molecule has 0 bridgehead atoms. The Balaban J connectivity index is 2.07. The lowest BCUT2D eigenvalue weighted by molar-refractivity contribution is -0.122. The van der Waals surface area contributed by atoms with E-state index in [1.54, 1.807) is 36.4 Å². The largest absolute Gasteiger partial charge is 0.493 e. The highest BCUT2D eigenvalue weighted by Crippen LogP contribution is 2.35. The molecule has 2 aromatic carbocycles. The SMILES string of the molecule is COc1cc(Br)c(C=C2C(=O)NC(=S)N(c3cccc(Cl)c3)C2=O)cc1OC. The number of hydrogen-bond donors (Lipinski definition) is 1. The summed E-state index contributed by atoms with van der Waals surface area (Å²) >= 11 is 14.6. The number of thiocarbonyl (C=S) groups is 1. The Bertz CT molecular complexity index is 1020. The van der Waals surface area contributed by atoms with Gasteiger partial charge in [-0.2, -0.15) is 0 Å². The number of ether oxygens (including phenoxy) is 2. The molecule has 1 N–H and O–H groups in total. The van der Waals surface area contributed by atoms with Crippen molar-refractivity contribution in [2.75, 3.05) is 19.1 Å². The van der Waals surface area contributed by atoms with Crippen LogP contribution in [0.25, 0.3) is 6.08 Å². The molecule has 2 aromatic rings. The van der Waals surface area contributed by atoms with Crippen LogP contribution in [0.2, 0.25) is 5.02 Å². The topological polar surface area (TPSA) is 67.9 Å². The van der Waals surface area contributed by atoms with Gasteiger partial charge in [0.25, 0.3) is 11.8 Å². The fourth-order valence-electron chi connectivity index (χ4n) is 2.64. The van der Waals surface area contributed by atoms with E-state index in [9.17, 15) is 9.59 Å². The Labute approximate surface area is 180 Å². The van der Waals surface area contributed by atoms with Gasteiger partial charge in [-0.05, 0) is 54.2 Å². The van der Waals surface area contributed by atoms with Crippen LogP contribution in [0, 0.1) is 0 Å². The zero-order valence-corrected chi connectivity index (χ0v) is 17.9. The molecule has 0 aromatic heterocycles. The van der Waals surface area contributed by atoms with Gasteiger partial charge in [0.2, 0.25) is 0 Å². The van der Waals surface area contributed by atoms with Gasteiger partial charge in [0.15, 0.2) is 16.6 Å². The first-order chi connectivity index (χ1) is 13.3. The van der Waals surface area contributed by atoms with E-state index < -0.39 is 11.8 Å². The van der Waals surface area contributed by atoms with Gasteiger partial charge in [-0.1, -0.05) is 33.6 Å². The van der Waals surface area contributed by atoms with Crippen molar-refractivity contribution >= 4 is 68.4 Å². The molecule has 0 aliphatic carbocycles. The third-order valence-electron chi connectivity index (χ3n) is 3.97. The normalized spacial score (nSPS) is 15.6. The quantitative estimate of drug-likeness (QED) is 0.407. The molecule has 9 heteroatoms. The maximum Gasteiger partial charge on any atom is 0.270 e. The number of carbonyl (C=O) groups excluding carboxylic acids is 2. The Kier molecular flexibility index (Phi) is 6.02. The minimum absolute atomic E-state index is 0.0132. The number of methoxy groups -OCH3 is 2. The van der Waals surface area contributed by atoms with E-state index in [0.29, 0.717) is 32.2 Å². The lowest BCUT2D eigenvalue weighted by Crippen LogP contribution is -2.54. The average molecular weight is 482 g/mol. The highest BCUT2D eigenvalue weighted by molar-refractivity contribution is 9.10. The van der Waals surface area contributed by atoms with Gasteiger partial charge in [0, 0.05) is 9.50 Å². The van der Waals surface area contributed by atoms with E-state index >= 15 is 0 Å². The summed E-state index contributed by atoms with van der Waals surface area (Å²) in [5.41, 5.74) is 0.941. The second kappa shape index (κ2) is 8.30. The number of nitrogens with zero attached hydrogens (tertiary/aromatic N) is 1. The van der Waals surface area contributed by atoms with Crippen LogP contribution in [0.5, 0.6) is 11.5 Å². The molecule has 2 amide bonds. The van der Waals surface area contributed by atoms with E-state index in [-0.39, 0.29) is 10.7 Å². The molecule has 1 saturated heterocycles. The van der Waals surface area contributed by atoms with Gasteiger partial charge >= 0.3 is 0 Å². The molecule has 0 unspecified atom stereocenters. The highest BCUT2D eigenvalue weighted by atomic mass is 79.9. The summed E-state index contributed by atoms with van der Waals surface area (Å²) in [5, 5.41) is 2.96. The van der Waals surface area contributed by atoms with Crippen molar-refractivity contribution in [2.45, 2.75) is 0 Å². The summed E-state index contributed by atoms with van der Waals surface area (Å²) < 4.78 is 11.2. The van der Waals surface area contributed by atoms with Gasteiger partial charge in [-0.15, -0.1) is 0 Å². The summed E-state index contributed by atoms with van der Waals surface area (Å²) in [6.45, 7) is 0. The van der Waals surface area contributed by atoms with Crippen molar-refractivity contribution < 1.29 is 19.1 Å². The fraction of sp³-hybridized carbons (Fsp3) is 0.105. The van der Waals surface area contributed by atoms with Crippen LogP contribution in [-0.2, 0) is 9.59 Å². The van der Waals surface area contributed by atoms with Crippen molar-refractivity contribution in [2.24, 2.45) is 0 Å². The van der Waals surface area contributed by atoms with E-state index in [1.807, 2.05) is 0 Å². The number of anilines is 1. The first-order valence-electron chi connectivity index (χ1n) is 7.94. The molecule has 28 heavy (non-hydrogen) atoms. The molecule has 1 fully saturated rings. The first-order valence-corrected chi connectivity index (χ1v) is 9.52. The van der Waals surface area contributed by atoms with E-state index in [2.05, 4.69) is 21.2 Å². The smallest absolute Gasteiger partial charge is 0.270 e. The van der Waals surface area contributed by atoms with Crippen LogP contribution in [-0.4, -0.2) is 31.1 Å². The Morgan fingerprint density at radius 3 is 2.46 bits per heavy atom. The van der Waals surface area contributed by atoms with Crippen LogP contribution in [0.15, 0.2) is 46.4 Å². The first kappa shape index (κ1) is 20.3. The summed E-state index contributed by atoms with van der Waals surface area (Å²) in [5.74, 6) is -0.172. The number of nitrogens with one attached hydrogen (secondary N) is 1. The van der Waals surface area contributed by atoms with Crippen LogP contribution in [0.3, 0.4) is 0 Å². The molecule has 0 saturated carbocycles. The maximum absolute atomic E-state index is 13.0. The molecule has 0 spiro atoms. The number of benzene rings is 2. The van der Waals surface area contributed by atoms with Crippen LogP contribution in [0.4, 0.5) is 5.69 Å². The van der Waals surface area contributed by atoms with Crippen molar-refractivity contribution in [3.05, 3.63) is 57.0 Å². The van der Waals surface area contributed by atoms with Crippen molar-refractivity contribution in [3.8, 4) is 11.5 Å². The molecule has 1 aliphatic rings. The third kappa shape index (κ3) is 3.89. The predicted molar refractivity (Wildman–Crippen MR) is 115 cm³/mol. The van der Waals surface area contributed by atoms with Crippen molar-refractivity contribution in [1.82, 2.24) is 5.32 Å². The minimum atomic E-state index is -0.588. The molecule has 0 atom stereocenters. The zero-order chi connectivity index (χ0) is 20.4. The lowest BCUT2D eigenvalue weighted by atomic mass is 10.1. The van der Waals surface area contributed by atoms with E-state index in [1.165, 1.54) is 25.2 Å². The molecule has 1 heterocycles. The van der Waals surface area contributed by atoms with Gasteiger partial charge < -0.3 is 9.47 Å². The second-order valence-corrected chi connectivity index (χ2v) is 7.34. The van der Waals surface area contributed by atoms with Gasteiger partial charge in [0.1, 0.15) is 5.57 Å². The van der Waals surface area contributed by atoms with Crippen LogP contribution in [0.1, 0.15) is 5.56 Å². The summed E-state index contributed by atoms with van der Waals surface area (Å²) in [6, 6.07) is 9.99. The van der Waals surface area contributed by atoms with Gasteiger partial charge in [-0.3, -0.25) is 19.8 Å². The number of halogens is 2. The summed E-state index contributed by atoms with van der Waals surface area (Å²) in [6.07, 6.45) is 1.46. The Morgan fingerprint density at radius 1 is 1.14 bits per heavy atom. The third-order valence-corrected chi connectivity index (χ3v) is 5.18.